The maximum atomic E-state index is 10.9. The molecule has 3 aromatic rings. The van der Waals surface area contributed by atoms with Crippen LogP contribution < -0.4 is 0 Å². The van der Waals surface area contributed by atoms with Gasteiger partial charge >= 0.3 is 0 Å². The fraction of sp³-hybridized carbons (Fsp3) is 0.211. The van der Waals surface area contributed by atoms with Gasteiger partial charge in [-0.2, -0.15) is 0 Å². The molecule has 0 saturated heterocycles. The van der Waals surface area contributed by atoms with Gasteiger partial charge in [0.15, 0.2) is 0 Å². The van der Waals surface area contributed by atoms with Gasteiger partial charge in [0.25, 0.3) is 0 Å². The third-order valence-corrected chi connectivity index (χ3v) is 4.53. The van der Waals surface area contributed by atoms with Gasteiger partial charge in [0, 0.05) is 17.8 Å². The molecule has 1 aliphatic rings. The minimum Gasteiger partial charge on any atom is -0.388 e. The zero-order valence-electron chi connectivity index (χ0n) is 11.7. The van der Waals surface area contributed by atoms with Gasteiger partial charge in [-0.3, -0.25) is 4.98 Å². The van der Waals surface area contributed by atoms with E-state index in [1.165, 1.54) is 10.9 Å². The van der Waals surface area contributed by atoms with Crippen LogP contribution in [0, 0.1) is 0 Å². The number of hydrogen-bond donors (Lipinski definition) is 1. The number of rotatable bonds is 2. The summed E-state index contributed by atoms with van der Waals surface area (Å²) in [7, 11) is 0. The van der Waals surface area contributed by atoms with Crippen molar-refractivity contribution in [1.82, 2.24) is 4.98 Å². The van der Waals surface area contributed by atoms with Crippen LogP contribution in [0.15, 0.2) is 60.8 Å². The smallest absolute Gasteiger partial charge is 0.0879 e. The SMILES string of the molecule is OC(c1cccc2ccccc12)C1CCc2cccnc21. The number of pyridine rings is 1. The maximum Gasteiger partial charge on any atom is 0.0879 e. The molecule has 0 amide bonds. The molecule has 21 heavy (non-hydrogen) atoms. The Morgan fingerprint density at radius 2 is 1.86 bits per heavy atom. The van der Waals surface area contributed by atoms with Crippen LogP contribution >= 0.6 is 0 Å². The van der Waals surface area contributed by atoms with E-state index in [1.807, 2.05) is 36.5 Å². The summed E-state index contributed by atoms with van der Waals surface area (Å²) in [5.74, 6) is 0.104. The van der Waals surface area contributed by atoms with Crippen LogP contribution in [0.4, 0.5) is 0 Å². The summed E-state index contributed by atoms with van der Waals surface area (Å²) in [6, 6.07) is 18.5. The average Bonchev–Trinajstić information content (AvgIpc) is 2.98. The fourth-order valence-electron chi connectivity index (χ4n) is 3.48. The fourth-order valence-corrected chi connectivity index (χ4v) is 3.48. The second-order valence-electron chi connectivity index (χ2n) is 5.71. The molecular weight excluding hydrogens is 258 g/mol. The molecule has 0 radical (unpaired) electrons. The van der Waals surface area contributed by atoms with Crippen LogP contribution in [0.2, 0.25) is 0 Å². The number of aromatic nitrogens is 1. The standard InChI is InChI=1S/C19H17NO/c21-19(17-11-10-14-7-4-12-20-18(14)17)16-9-3-6-13-5-1-2-8-15(13)16/h1-9,12,17,19,21H,10-11H2. The lowest BCUT2D eigenvalue weighted by Crippen LogP contribution is -2.09. The Kier molecular flexibility index (Phi) is 2.97. The molecule has 2 atom stereocenters. The van der Waals surface area contributed by atoms with Gasteiger partial charge in [0.1, 0.15) is 0 Å². The minimum absolute atomic E-state index is 0.104. The summed E-state index contributed by atoms with van der Waals surface area (Å²) in [6.45, 7) is 0. The molecule has 0 aliphatic heterocycles. The molecule has 0 spiro atoms. The van der Waals surface area contributed by atoms with Crippen molar-refractivity contribution in [2.75, 3.05) is 0 Å². The molecule has 104 valence electrons. The zero-order valence-corrected chi connectivity index (χ0v) is 11.7. The molecule has 1 N–H and O–H groups in total. The largest absolute Gasteiger partial charge is 0.388 e. The Hall–Kier alpha value is -2.19. The highest BCUT2D eigenvalue weighted by Gasteiger charge is 2.31. The van der Waals surface area contributed by atoms with E-state index in [9.17, 15) is 5.11 Å². The molecule has 2 aromatic carbocycles. The Balaban J connectivity index is 1.80. The molecule has 2 heteroatoms. The molecule has 2 unspecified atom stereocenters. The van der Waals surface area contributed by atoms with Crippen LogP contribution in [0.3, 0.4) is 0 Å². The van der Waals surface area contributed by atoms with Gasteiger partial charge in [-0.05, 0) is 40.8 Å². The van der Waals surface area contributed by atoms with Crippen LogP contribution in [0.25, 0.3) is 10.8 Å². The van der Waals surface area contributed by atoms with E-state index < -0.39 is 6.10 Å². The summed E-state index contributed by atoms with van der Waals surface area (Å²) in [5.41, 5.74) is 3.36. The molecular formula is C19H17NO. The number of nitrogens with zero attached hydrogens (tertiary/aromatic N) is 1. The van der Waals surface area contributed by atoms with Gasteiger partial charge in [-0.15, -0.1) is 0 Å². The van der Waals surface area contributed by atoms with Gasteiger partial charge in [-0.1, -0.05) is 48.5 Å². The molecule has 1 heterocycles. The summed E-state index contributed by atoms with van der Waals surface area (Å²) in [6.07, 6.45) is 3.31. The van der Waals surface area contributed by atoms with Crippen LogP contribution in [0.1, 0.15) is 35.3 Å². The first kappa shape index (κ1) is 12.5. The van der Waals surface area contributed by atoms with Crippen molar-refractivity contribution < 1.29 is 5.11 Å². The van der Waals surface area contributed by atoms with Crippen molar-refractivity contribution in [3.8, 4) is 0 Å². The third kappa shape index (κ3) is 2.03. The Morgan fingerprint density at radius 3 is 2.81 bits per heavy atom. The molecule has 1 aromatic heterocycles. The van der Waals surface area contributed by atoms with E-state index in [0.717, 1.165) is 29.5 Å². The zero-order chi connectivity index (χ0) is 14.2. The van der Waals surface area contributed by atoms with E-state index in [2.05, 4.69) is 29.2 Å². The quantitative estimate of drug-likeness (QED) is 0.767. The Labute approximate surface area is 124 Å². The first-order chi connectivity index (χ1) is 10.3. The predicted molar refractivity (Wildman–Crippen MR) is 84.2 cm³/mol. The summed E-state index contributed by atoms with van der Waals surface area (Å²) < 4.78 is 0. The lowest BCUT2D eigenvalue weighted by molar-refractivity contribution is 0.145. The van der Waals surface area contributed by atoms with E-state index in [0.29, 0.717) is 0 Å². The van der Waals surface area contributed by atoms with E-state index in [4.69, 9.17) is 0 Å². The number of aliphatic hydroxyl groups excluding tert-OH is 1. The maximum absolute atomic E-state index is 10.9. The normalized spacial score (nSPS) is 18.6. The number of hydrogen-bond acceptors (Lipinski definition) is 2. The van der Waals surface area contributed by atoms with Crippen molar-refractivity contribution in [3.05, 3.63) is 77.6 Å². The number of benzene rings is 2. The van der Waals surface area contributed by atoms with Crippen molar-refractivity contribution in [1.29, 1.82) is 0 Å². The number of fused-ring (bicyclic) bond motifs is 2. The molecule has 1 aliphatic carbocycles. The minimum atomic E-state index is -0.493. The van der Waals surface area contributed by atoms with Crippen molar-refractivity contribution in [3.63, 3.8) is 0 Å². The van der Waals surface area contributed by atoms with Gasteiger partial charge in [0.2, 0.25) is 0 Å². The summed E-state index contributed by atoms with van der Waals surface area (Å²) >= 11 is 0. The first-order valence-electron chi connectivity index (χ1n) is 7.44. The Morgan fingerprint density at radius 1 is 1.00 bits per heavy atom. The first-order valence-corrected chi connectivity index (χ1v) is 7.44. The van der Waals surface area contributed by atoms with Crippen molar-refractivity contribution in [2.24, 2.45) is 0 Å². The lowest BCUT2D eigenvalue weighted by atomic mass is 9.90. The highest BCUT2D eigenvalue weighted by atomic mass is 16.3. The third-order valence-electron chi connectivity index (χ3n) is 4.53. The van der Waals surface area contributed by atoms with Crippen LogP contribution in [-0.4, -0.2) is 10.1 Å². The van der Waals surface area contributed by atoms with E-state index >= 15 is 0 Å². The molecule has 0 fully saturated rings. The van der Waals surface area contributed by atoms with Crippen molar-refractivity contribution >= 4 is 10.8 Å². The van der Waals surface area contributed by atoms with Crippen molar-refractivity contribution in [2.45, 2.75) is 24.9 Å². The summed E-state index contributed by atoms with van der Waals surface area (Å²) in [5, 5.41) is 13.2. The highest BCUT2D eigenvalue weighted by molar-refractivity contribution is 5.86. The van der Waals surface area contributed by atoms with E-state index in [-0.39, 0.29) is 5.92 Å². The lowest BCUT2D eigenvalue weighted by Gasteiger charge is -2.20. The molecule has 0 saturated carbocycles. The van der Waals surface area contributed by atoms with Crippen LogP contribution in [-0.2, 0) is 6.42 Å². The number of aliphatic hydroxyl groups is 1. The van der Waals surface area contributed by atoms with Gasteiger partial charge in [-0.25, -0.2) is 0 Å². The molecule has 4 rings (SSSR count). The Bertz CT molecular complexity index is 791. The van der Waals surface area contributed by atoms with E-state index in [1.54, 1.807) is 0 Å². The number of aryl methyl sites for hydroxylation is 1. The monoisotopic (exact) mass is 275 g/mol. The van der Waals surface area contributed by atoms with Gasteiger partial charge in [0.05, 0.1) is 6.10 Å². The topological polar surface area (TPSA) is 33.1 Å². The second-order valence-corrected chi connectivity index (χ2v) is 5.71. The summed E-state index contributed by atoms with van der Waals surface area (Å²) in [4.78, 5) is 4.51. The second kappa shape index (κ2) is 4.97. The molecule has 0 bridgehead atoms. The highest BCUT2D eigenvalue weighted by Crippen LogP contribution is 2.41. The van der Waals surface area contributed by atoms with Crippen LogP contribution in [0.5, 0.6) is 0 Å². The average molecular weight is 275 g/mol. The van der Waals surface area contributed by atoms with Gasteiger partial charge < -0.3 is 5.11 Å². The predicted octanol–water partition coefficient (Wildman–Crippen LogP) is 4.00. The molecule has 2 nitrogen and oxygen atoms in total.